The maximum absolute atomic E-state index is 13.4. The molecule has 3 aromatic rings. The zero-order valence-corrected chi connectivity index (χ0v) is 16.6. The first-order chi connectivity index (χ1) is 12.9. The summed E-state index contributed by atoms with van der Waals surface area (Å²) < 4.78 is 40.4. The van der Waals surface area contributed by atoms with Crippen molar-refractivity contribution in [3.05, 3.63) is 76.5 Å². The van der Waals surface area contributed by atoms with Gasteiger partial charge in [0.25, 0.3) is 0 Å². The first-order valence-corrected chi connectivity index (χ1v) is 11.1. The molecule has 0 radical (unpaired) electrons. The highest BCUT2D eigenvalue weighted by Crippen LogP contribution is 2.28. The summed E-state index contributed by atoms with van der Waals surface area (Å²) in [7, 11) is -3.33. The van der Waals surface area contributed by atoms with Gasteiger partial charge in [0.15, 0.2) is 0 Å². The van der Waals surface area contributed by atoms with E-state index in [-0.39, 0.29) is 11.6 Å². The van der Waals surface area contributed by atoms with Crippen molar-refractivity contribution in [2.75, 3.05) is 12.3 Å². The molecule has 27 heavy (non-hydrogen) atoms. The average Bonchev–Trinajstić information content (AvgIpc) is 3.02. The summed E-state index contributed by atoms with van der Waals surface area (Å²) in [6, 6.07) is 15.9. The third-order valence-electron chi connectivity index (χ3n) is 4.14. The molecule has 0 saturated carbocycles. The van der Waals surface area contributed by atoms with Crippen LogP contribution in [0.5, 0.6) is 0 Å². The van der Waals surface area contributed by atoms with Gasteiger partial charge in [-0.15, -0.1) is 11.3 Å². The van der Waals surface area contributed by atoms with E-state index < -0.39 is 10.0 Å². The van der Waals surface area contributed by atoms with Crippen molar-refractivity contribution in [2.24, 2.45) is 0 Å². The maximum atomic E-state index is 13.4. The molecule has 7 heteroatoms. The Morgan fingerprint density at radius 1 is 1.07 bits per heavy atom. The lowest BCUT2D eigenvalue weighted by atomic mass is 10.2. The maximum Gasteiger partial charge on any atom is 0.211 e. The van der Waals surface area contributed by atoms with E-state index in [0.717, 1.165) is 26.7 Å². The van der Waals surface area contributed by atoms with Gasteiger partial charge in [-0.25, -0.2) is 22.5 Å². The highest BCUT2D eigenvalue weighted by atomic mass is 32.2. The molecule has 1 aromatic heterocycles. The lowest BCUT2D eigenvalue weighted by molar-refractivity contribution is 0.581. The number of halogens is 1. The van der Waals surface area contributed by atoms with Crippen molar-refractivity contribution < 1.29 is 12.8 Å². The van der Waals surface area contributed by atoms with Gasteiger partial charge in [-0.05, 0) is 37.5 Å². The summed E-state index contributed by atoms with van der Waals surface area (Å²) >= 11 is 1.47. The fourth-order valence-corrected chi connectivity index (χ4v) is 4.81. The van der Waals surface area contributed by atoms with Crippen LogP contribution in [0.2, 0.25) is 0 Å². The summed E-state index contributed by atoms with van der Waals surface area (Å²) in [5.41, 5.74) is 2.58. The minimum Gasteiger partial charge on any atom is -0.241 e. The molecule has 0 bridgehead atoms. The summed E-state index contributed by atoms with van der Waals surface area (Å²) in [4.78, 5) is 5.49. The third kappa shape index (κ3) is 5.69. The van der Waals surface area contributed by atoms with Crippen LogP contribution in [-0.2, 0) is 22.9 Å². The van der Waals surface area contributed by atoms with E-state index in [1.54, 1.807) is 6.07 Å². The molecule has 0 saturated heterocycles. The molecule has 4 nitrogen and oxygen atoms in total. The molecule has 1 heterocycles. The number of hydrogen-bond acceptors (Lipinski definition) is 4. The summed E-state index contributed by atoms with van der Waals surface area (Å²) in [6.07, 6.45) is 1.04. The molecule has 2 aromatic carbocycles. The normalized spacial score (nSPS) is 11.6. The Hall–Kier alpha value is -2.09. The molecule has 0 atom stereocenters. The standard InChI is InChI=1S/C20H21FN2O2S2/c1-15-19(26-20(23-15)17-8-5-9-18(21)14-17)10-12-22-27(24,25)13-11-16-6-3-2-4-7-16/h2-9,14,22H,10-13H2,1H3. The van der Waals surface area contributed by atoms with Gasteiger partial charge in [0, 0.05) is 17.0 Å². The third-order valence-corrected chi connectivity index (χ3v) is 6.79. The summed E-state index contributed by atoms with van der Waals surface area (Å²) in [5.74, 6) is -0.235. The van der Waals surface area contributed by atoms with Crippen LogP contribution in [0.25, 0.3) is 10.6 Å². The minimum atomic E-state index is -3.33. The fourth-order valence-electron chi connectivity index (χ4n) is 2.69. The second-order valence-corrected chi connectivity index (χ2v) is 9.25. The van der Waals surface area contributed by atoms with Crippen molar-refractivity contribution in [2.45, 2.75) is 19.8 Å². The monoisotopic (exact) mass is 404 g/mol. The van der Waals surface area contributed by atoms with Gasteiger partial charge in [-0.3, -0.25) is 0 Å². The van der Waals surface area contributed by atoms with Crippen molar-refractivity contribution in [1.82, 2.24) is 9.71 Å². The quantitative estimate of drug-likeness (QED) is 0.618. The number of rotatable bonds is 8. The van der Waals surface area contributed by atoms with E-state index in [0.29, 0.717) is 19.4 Å². The predicted octanol–water partition coefficient (Wildman–Crippen LogP) is 3.96. The zero-order valence-electron chi connectivity index (χ0n) is 15.0. The largest absolute Gasteiger partial charge is 0.241 e. The molecule has 142 valence electrons. The Morgan fingerprint density at radius 2 is 1.85 bits per heavy atom. The van der Waals surface area contributed by atoms with Gasteiger partial charge in [0.1, 0.15) is 10.8 Å². The second kappa shape index (κ2) is 8.73. The van der Waals surface area contributed by atoms with Crippen molar-refractivity contribution in [1.29, 1.82) is 0 Å². The number of nitrogens with zero attached hydrogens (tertiary/aromatic N) is 1. The SMILES string of the molecule is Cc1nc(-c2cccc(F)c2)sc1CCNS(=O)(=O)CCc1ccccc1. The molecule has 0 unspecified atom stereocenters. The second-order valence-electron chi connectivity index (χ2n) is 6.24. The van der Waals surface area contributed by atoms with Gasteiger partial charge >= 0.3 is 0 Å². The van der Waals surface area contributed by atoms with Crippen molar-refractivity contribution in [3.63, 3.8) is 0 Å². The molecular formula is C20H21FN2O2S2. The van der Waals surface area contributed by atoms with Crippen LogP contribution in [0.3, 0.4) is 0 Å². The van der Waals surface area contributed by atoms with Gasteiger partial charge in [-0.1, -0.05) is 42.5 Å². The minimum absolute atomic E-state index is 0.0627. The smallest absolute Gasteiger partial charge is 0.211 e. The molecular weight excluding hydrogens is 383 g/mol. The molecule has 0 aliphatic rings. The molecule has 0 fully saturated rings. The molecule has 0 spiro atoms. The van der Waals surface area contributed by atoms with Gasteiger partial charge < -0.3 is 0 Å². The van der Waals surface area contributed by atoms with E-state index in [9.17, 15) is 12.8 Å². The summed E-state index contributed by atoms with van der Waals surface area (Å²) in [5, 5.41) is 0.744. The highest BCUT2D eigenvalue weighted by Gasteiger charge is 2.13. The number of aryl methyl sites for hydroxylation is 2. The Kier molecular flexibility index (Phi) is 6.36. The molecule has 0 aliphatic heterocycles. The Labute approximate surface area is 163 Å². The zero-order chi connectivity index (χ0) is 19.3. The van der Waals surface area contributed by atoms with E-state index in [1.807, 2.05) is 43.3 Å². The topological polar surface area (TPSA) is 59.1 Å². The number of benzene rings is 2. The van der Waals surface area contributed by atoms with Crippen molar-refractivity contribution >= 4 is 21.4 Å². The lowest BCUT2D eigenvalue weighted by Crippen LogP contribution is -2.29. The Balaban J connectivity index is 1.55. The van der Waals surface area contributed by atoms with Gasteiger partial charge in [-0.2, -0.15) is 0 Å². The van der Waals surface area contributed by atoms with Gasteiger partial charge in [0.2, 0.25) is 10.0 Å². The number of sulfonamides is 1. The summed E-state index contributed by atoms with van der Waals surface area (Å²) in [6.45, 7) is 2.21. The van der Waals surface area contributed by atoms with Crippen LogP contribution in [0.15, 0.2) is 54.6 Å². The van der Waals surface area contributed by atoms with Crippen LogP contribution >= 0.6 is 11.3 Å². The first kappa shape index (κ1) is 19.7. The fraction of sp³-hybridized carbons (Fsp3) is 0.250. The van der Waals surface area contributed by atoms with E-state index in [1.165, 1.54) is 23.5 Å². The molecule has 0 amide bonds. The van der Waals surface area contributed by atoms with Gasteiger partial charge in [0.05, 0.1) is 11.4 Å². The first-order valence-electron chi connectivity index (χ1n) is 8.66. The van der Waals surface area contributed by atoms with E-state index in [4.69, 9.17) is 0 Å². The van der Waals surface area contributed by atoms with Crippen LogP contribution in [0, 0.1) is 12.7 Å². The number of nitrogens with one attached hydrogen (secondary N) is 1. The van der Waals surface area contributed by atoms with E-state index >= 15 is 0 Å². The lowest BCUT2D eigenvalue weighted by Gasteiger charge is -2.06. The van der Waals surface area contributed by atoms with Crippen LogP contribution in [-0.4, -0.2) is 25.7 Å². The molecule has 3 rings (SSSR count). The predicted molar refractivity (Wildman–Crippen MR) is 108 cm³/mol. The van der Waals surface area contributed by atoms with Crippen LogP contribution < -0.4 is 4.72 Å². The number of thiazole rings is 1. The molecule has 1 N–H and O–H groups in total. The Bertz CT molecular complexity index is 1000. The average molecular weight is 405 g/mol. The molecule has 0 aliphatic carbocycles. The van der Waals surface area contributed by atoms with Crippen LogP contribution in [0.1, 0.15) is 16.1 Å². The highest BCUT2D eigenvalue weighted by molar-refractivity contribution is 7.89. The number of aromatic nitrogens is 1. The number of hydrogen-bond donors (Lipinski definition) is 1. The van der Waals surface area contributed by atoms with Crippen LogP contribution in [0.4, 0.5) is 4.39 Å². The van der Waals surface area contributed by atoms with Crippen molar-refractivity contribution in [3.8, 4) is 10.6 Å². The Morgan fingerprint density at radius 3 is 2.59 bits per heavy atom. The van der Waals surface area contributed by atoms with E-state index in [2.05, 4.69) is 9.71 Å².